The molecule has 0 aliphatic carbocycles. The number of aromatic amines is 1. The summed E-state index contributed by atoms with van der Waals surface area (Å²) >= 11 is 0. The number of hydrogen-bond acceptors (Lipinski definition) is 7. The van der Waals surface area contributed by atoms with E-state index in [1.165, 1.54) is 6.33 Å². The molecule has 2 N–H and O–H groups in total. The Balaban J connectivity index is 0.00000387. The minimum absolute atomic E-state index is 0. The van der Waals surface area contributed by atoms with Crippen LogP contribution in [0.1, 0.15) is 46.2 Å². The van der Waals surface area contributed by atoms with Gasteiger partial charge in [-0.05, 0) is 28.8 Å². The summed E-state index contributed by atoms with van der Waals surface area (Å²) in [6.45, 7) is 10.5. The van der Waals surface area contributed by atoms with Crippen molar-refractivity contribution in [3.05, 3.63) is 83.2 Å². The topological polar surface area (TPSA) is 111 Å². The Morgan fingerprint density at radius 1 is 1.12 bits per heavy atom. The first-order valence-corrected chi connectivity index (χ1v) is 15.8. The normalized spacial score (nSPS) is 23.0. The number of hydrogen-bond donors (Lipinski definition) is 2. The first-order chi connectivity index (χ1) is 19.1. The van der Waals surface area contributed by atoms with Gasteiger partial charge in [0, 0.05) is 0 Å². The van der Waals surface area contributed by atoms with E-state index in [9.17, 15) is 9.90 Å². The minimum Gasteiger partial charge on any atom is -0.554 e. The molecule has 0 saturated carbocycles. The average molecular weight is 603 g/mol. The zero-order valence-corrected chi connectivity index (χ0v) is 28.4. The molecule has 3 heterocycles. The number of H-pyrrole nitrogens is 1. The molecule has 9 nitrogen and oxygen atoms in total. The number of nitrogens with zero attached hydrogens (tertiary/aromatic N) is 3. The molecule has 0 radical (unpaired) electrons. The van der Waals surface area contributed by atoms with Crippen LogP contribution < -0.4 is 45.5 Å². The third-order valence-corrected chi connectivity index (χ3v) is 13.2. The van der Waals surface area contributed by atoms with E-state index in [-0.39, 0.29) is 52.3 Å². The summed E-state index contributed by atoms with van der Waals surface area (Å²) in [7, 11) is 0.325. The van der Waals surface area contributed by atoms with E-state index in [0.717, 1.165) is 10.4 Å². The van der Waals surface area contributed by atoms with Crippen molar-refractivity contribution in [2.75, 3.05) is 6.61 Å². The summed E-state index contributed by atoms with van der Waals surface area (Å²) < 4.78 is 21.2. The molecule has 0 unspecified atom stereocenters. The molecule has 0 amide bonds. The van der Waals surface area contributed by atoms with Crippen molar-refractivity contribution in [2.45, 2.75) is 70.1 Å². The van der Waals surface area contributed by atoms with Crippen molar-refractivity contribution in [3.63, 3.8) is 0 Å². The number of ether oxygens (including phenoxy) is 1. The van der Waals surface area contributed by atoms with Crippen molar-refractivity contribution in [2.24, 2.45) is 0 Å². The number of aromatic nitrogens is 4. The Kier molecular flexibility index (Phi) is 9.80. The number of aliphatic hydroxyl groups excluding tert-OH is 1. The Morgan fingerprint density at radius 3 is 2.22 bits per heavy atom. The van der Waals surface area contributed by atoms with Gasteiger partial charge in [0.05, 0.1) is 19.0 Å². The van der Waals surface area contributed by atoms with Gasteiger partial charge < -0.3 is 33.2 Å². The second-order valence-electron chi connectivity index (χ2n) is 11.4. The van der Waals surface area contributed by atoms with E-state index < -0.39 is 32.4 Å². The van der Waals surface area contributed by atoms with E-state index in [1.807, 2.05) is 43.3 Å². The molecule has 1 saturated heterocycles. The second-order valence-corrected chi connectivity index (χ2v) is 15.9. The maximum atomic E-state index is 12.5. The summed E-state index contributed by atoms with van der Waals surface area (Å²) in [6, 6.07) is 20.7. The quantitative estimate of drug-likeness (QED) is 0.223. The molecule has 1 aliphatic heterocycles. The molecule has 12 heteroatoms. The molecule has 4 aromatic rings. The fourth-order valence-corrected chi connectivity index (χ4v) is 10.9. The monoisotopic (exact) mass is 602 g/mol. The van der Waals surface area contributed by atoms with Gasteiger partial charge in [0.1, 0.15) is 17.5 Å². The standard InChI is InChI=1S/C29H36N4O5PSi.Na/c1-6-29(17-36-40(28(3,4)5,20-13-9-7-10-14-20)21-15-11-8-12-16-21)24(38-39)23(34)27(37-29)33-18-30-22-25(33)31-19(2)32-26(22)35;/h7-16,18,23-24,27,34,39H,6,17H2,1-5H3,(H,31,32,35);/q-1;+1/t23-,24+,27-,29+;/m1./s1. The van der Waals surface area contributed by atoms with Crippen LogP contribution in [0.15, 0.2) is 71.8 Å². The fraction of sp³-hybridized carbons (Fsp3) is 0.414. The van der Waals surface area contributed by atoms with Crippen molar-refractivity contribution in [3.8, 4) is 0 Å². The maximum Gasteiger partial charge on any atom is 1.00 e. The number of imidazole rings is 1. The number of aliphatic hydroxyl groups is 1. The molecule has 5 rings (SSSR count). The van der Waals surface area contributed by atoms with Crippen LogP contribution in [0, 0.1) is 6.92 Å². The van der Waals surface area contributed by atoms with E-state index in [0.29, 0.717) is 17.9 Å². The van der Waals surface area contributed by atoms with Crippen molar-refractivity contribution in [1.82, 2.24) is 19.5 Å². The molecular formula is C29H36N4NaO5PSi. The molecular weight excluding hydrogens is 566 g/mol. The summed E-state index contributed by atoms with van der Waals surface area (Å²) in [5.74, 6) is 0.441. The van der Waals surface area contributed by atoms with Gasteiger partial charge in [-0.3, -0.25) is 9.36 Å². The number of aryl methyl sites for hydroxylation is 1. The van der Waals surface area contributed by atoms with Gasteiger partial charge >= 0.3 is 29.6 Å². The summed E-state index contributed by atoms with van der Waals surface area (Å²) in [5.41, 5.74) is -0.864. The summed E-state index contributed by atoms with van der Waals surface area (Å²) in [4.78, 5) is 23.9. The average Bonchev–Trinajstić information content (AvgIpc) is 3.48. The fourth-order valence-electron chi connectivity index (χ4n) is 5.95. The number of benzene rings is 2. The number of fused-ring (bicyclic) bond motifs is 1. The predicted molar refractivity (Wildman–Crippen MR) is 159 cm³/mol. The molecule has 0 spiro atoms. The molecule has 4 atom stereocenters. The van der Waals surface area contributed by atoms with Crippen molar-refractivity contribution < 1.29 is 48.4 Å². The van der Waals surface area contributed by atoms with Crippen LogP contribution in [-0.4, -0.2) is 57.4 Å². The largest absolute Gasteiger partial charge is 1.00 e. The molecule has 2 aromatic carbocycles. The first-order valence-electron chi connectivity index (χ1n) is 13.4. The van der Waals surface area contributed by atoms with Crippen LogP contribution in [0.5, 0.6) is 0 Å². The van der Waals surface area contributed by atoms with E-state index in [4.69, 9.17) is 13.7 Å². The van der Waals surface area contributed by atoms with Crippen LogP contribution in [-0.2, 0) is 13.7 Å². The van der Waals surface area contributed by atoms with Crippen LogP contribution in [0.2, 0.25) is 5.04 Å². The van der Waals surface area contributed by atoms with Gasteiger partial charge in [0.25, 0.3) is 13.9 Å². The third-order valence-electron chi connectivity index (χ3n) is 7.98. The van der Waals surface area contributed by atoms with Gasteiger partial charge in [0.15, 0.2) is 17.4 Å². The smallest absolute Gasteiger partial charge is 0.554 e. The van der Waals surface area contributed by atoms with Crippen LogP contribution in [0.3, 0.4) is 0 Å². The predicted octanol–water partition coefficient (Wildman–Crippen LogP) is 0.490. The Hall–Kier alpha value is -1.72. The van der Waals surface area contributed by atoms with Gasteiger partial charge in [0.2, 0.25) is 0 Å². The summed E-state index contributed by atoms with van der Waals surface area (Å²) in [6.07, 6.45) is -0.813. The Labute approximate surface area is 265 Å². The molecule has 212 valence electrons. The summed E-state index contributed by atoms with van der Waals surface area (Å²) in [5, 5.41) is 13.6. The minimum atomic E-state index is -2.90. The van der Waals surface area contributed by atoms with Crippen LogP contribution in [0.25, 0.3) is 11.2 Å². The van der Waals surface area contributed by atoms with Gasteiger partial charge in [-0.25, -0.2) is 9.97 Å². The molecule has 2 aromatic heterocycles. The zero-order valence-electron chi connectivity index (χ0n) is 24.4. The number of nitrogens with one attached hydrogen (secondary N) is 1. The Morgan fingerprint density at radius 2 is 1.71 bits per heavy atom. The molecule has 41 heavy (non-hydrogen) atoms. The van der Waals surface area contributed by atoms with Crippen LogP contribution >= 0.6 is 9.47 Å². The first kappa shape index (κ1) is 32.2. The van der Waals surface area contributed by atoms with Gasteiger partial charge in [-0.2, -0.15) is 0 Å². The molecule has 1 fully saturated rings. The van der Waals surface area contributed by atoms with Crippen LogP contribution in [0.4, 0.5) is 0 Å². The SMILES string of the molecule is CC[C@@]1(CO[Si](c2ccccc2)(c2ccccc2)C(C)(C)C)O[C@@H](n2cnc3c(=O)[nH]c(C)nc32)[C@H](O)[C@@H]1O[PH-].[Na+]. The van der Waals surface area contributed by atoms with Gasteiger partial charge in [-0.15, -0.1) is 0 Å². The maximum absolute atomic E-state index is 12.5. The van der Waals surface area contributed by atoms with Crippen molar-refractivity contribution >= 4 is 39.3 Å². The Bertz CT molecular complexity index is 1490. The molecule has 0 bridgehead atoms. The van der Waals surface area contributed by atoms with E-state index in [2.05, 4.69) is 69.5 Å². The zero-order chi connectivity index (χ0) is 28.7. The second kappa shape index (κ2) is 12.5. The van der Waals surface area contributed by atoms with Gasteiger partial charge in [-0.1, -0.05) is 88.4 Å². The van der Waals surface area contributed by atoms with E-state index >= 15 is 0 Å². The third kappa shape index (κ3) is 5.55. The molecule has 1 aliphatic rings. The van der Waals surface area contributed by atoms with Crippen molar-refractivity contribution in [1.29, 1.82) is 0 Å². The number of rotatable bonds is 8. The van der Waals surface area contributed by atoms with E-state index in [1.54, 1.807) is 11.5 Å².